The first kappa shape index (κ1) is 17.6. The van der Waals surface area contributed by atoms with Crippen LogP contribution >= 0.6 is 0 Å². The molecule has 1 aromatic heterocycles. The van der Waals surface area contributed by atoms with E-state index in [4.69, 9.17) is 0 Å². The summed E-state index contributed by atoms with van der Waals surface area (Å²) < 4.78 is 0. The molecule has 0 bridgehead atoms. The second-order valence-corrected chi connectivity index (χ2v) is 7.13. The van der Waals surface area contributed by atoms with Crippen LogP contribution in [-0.4, -0.2) is 35.4 Å². The van der Waals surface area contributed by atoms with Crippen molar-refractivity contribution in [1.82, 2.24) is 9.88 Å². The van der Waals surface area contributed by atoms with Crippen LogP contribution in [0.15, 0.2) is 48.7 Å². The van der Waals surface area contributed by atoms with Gasteiger partial charge in [-0.3, -0.25) is 14.7 Å². The minimum atomic E-state index is 0.0668. The third-order valence-electron chi connectivity index (χ3n) is 4.90. The summed E-state index contributed by atoms with van der Waals surface area (Å²) >= 11 is 0. The lowest BCUT2D eigenvalue weighted by Crippen LogP contribution is -2.38. The molecule has 4 heteroatoms. The molecule has 1 N–H and O–H groups in total. The summed E-state index contributed by atoms with van der Waals surface area (Å²) in [6.07, 6.45) is 3.99. The monoisotopic (exact) mass is 337 g/mol. The number of hydrogen-bond donors (Lipinski definition) is 1. The summed E-state index contributed by atoms with van der Waals surface area (Å²) in [5.41, 5.74) is 3.31. The lowest BCUT2D eigenvalue weighted by atomic mass is 9.93. The van der Waals surface area contributed by atoms with Gasteiger partial charge in [-0.05, 0) is 61.7 Å². The van der Waals surface area contributed by atoms with E-state index in [0.717, 1.165) is 31.6 Å². The number of carbonyl (C=O) groups is 1. The van der Waals surface area contributed by atoms with E-state index in [9.17, 15) is 4.79 Å². The smallest absolute Gasteiger partial charge is 0.238 e. The number of pyridine rings is 1. The Morgan fingerprint density at radius 1 is 1.20 bits per heavy atom. The van der Waals surface area contributed by atoms with Gasteiger partial charge in [0.2, 0.25) is 5.91 Å². The lowest BCUT2D eigenvalue weighted by molar-refractivity contribution is -0.117. The maximum absolute atomic E-state index is 12.3. The Bertz CT molecular complexity index is 691. The topological polar surface area (TPSA) is 45.2 Å². The van der Waals surface area contributed by atoms with Gasteiger partial charge in [-0.2, -0.15) is 0 Å². The normalized spacial score (nSPS) is 16.1. The number of anilines is 1. The molecule has 132 valence electrons. The first-order chi connectivity index (χ1) is 12.1. The molecule has 2 aromatic rings. The highest BCUT2D eigenvalue weighted by atomic mass is 16.2. The van der Waals surface area contributed by atoms with Gasteiger partial charge in [-0.1, -0.05) is 32.0 Å². The molecule has 1 aliphatic heterocycles. The lowest BCUT2D eigenvalue weighted by Gasteiger charge is -2.31. The Morgan fingerprint density at radius 2 is 2.00 bits per heavy atom. The van der Waals surface area contributed by atoms with Crippen molar-refractivity contribution >= 4 is 11.6 Å². The van der Waals surface area contributed by atoms with Gasteiger partial charge in [-0.15, -0.1) is 0 Å². The summed E-state index contributed by atoms with van der Waals surface area (Å²) in [6.45, 7) is 6.67. The third-order valence-corrected chi connectivity index (χ3v) is 4.90. The molecule has 1 aliphatic rings. The molecular weight excluding hydrogens is 310 g/mol. The van der Waals surface area contributed by atoms with E-state index < -0.39 is 0 Å². The molecular formula is C21H27N3O. The Kier molecular flexibility index (Phi) is 5.82. The van der Waals surface area contributed by atoms with E-state index in [1.54, 1.807) is 0 Å². The quantitative estimate of drug-likeness (QED) is 0.896. The van der Waals surface area contributed by atoms with Gasteiger partial charge in [0.25, 0.3) is 0 Å². The molecule has 2 heterocycles. The number of carbonyl (C=O) groups excluding carboxylic acids is 1. The number of hydrogen-bond acceptors (Lipinski definition) is 3. The van der Waals surface area contributed by atoms with Crippen LogP contribution in [0.2, 0.25) is 0 Å². The van der Waals surface area contributed by atoms with Crippen LogP contribution in [0.1, 0.15) is 49.8 Å². The fourth-order valence-electron chi connectivity index (χ4n) is 3.38. The zero-order valence-corrected chi connectivity index (χ0v) is 15.1. The van der Waals surface area contributed by atoms with Crippen LogP contribution < -0.4 is 5.32 Å². The van der Waals surface area contributed by atoms with Crippen molar-refractivity contribution in [3.8, 4) is 0 Å². The number of rotatable bonds is 5. The number of nitrogens with one attached hydrogen (secondary N) is 1. The van der Waals surface area contributed by atoms with Crippen molar-refractivity contribution in [2.24, 2.45) is 0 Å². The zero-order chi connectivity index (χ0) is 17.6. The van der Waals surface area contributed by atoms with Gasteiger partial charge < -0.3 is 5.32 Å². The first-order valence-corrected chi connectivity index (χ1v) is 9.15. The molecule has 1 amide bonds. The molecule has 0 saturated carbocycles. The van der Waals surface area contributed by atoms with Crippen LogP contribution in [0, 0.1) is 0 Å². The van der Waals surface area contributed by atoms with E-state index >= 15 is 0 Å². The fourth-order valence-corrected chi connectivity index (χ4v) is 3.38. The van der Waals surface area contributed by atoms with Gasteiger partial charge in [0, 0.05) is 23.5 Å². The third kappa shape index (κ3) is 4.89. The molecule has 1 fully saturated rings. The van der Waals surface area contributed by atoms with Crippen molar-refractivity contribution in [3.63, 3.8) is 0 Å². The minimum absolute atomic E-state index is 0.0668. The van der Waals surface area contributed by atoms with E-state index in [1.165, 1.54) is 11.3 Å². The van der Waals surface area contributed by atoms with E-state index in [2.05, 4.69) is 47.2 Å². The number of aromatic nitrogens is 1. The number of likely N-dealkylation sites (tertiary alicyclic amines) is 1. The number of nitrogens with zero attached hydrogens (tertiary/aromatic N) is 2. The highest BCUT2D eigenvalue weighted by molar-refractivity contribution is 5.92. The zero-order valence-electron chi connectivity index (χ0n) is 15.1. The second-order valence-electron chi connectivity index (χ2n) is 7.13. The summed E-state index contributed by atoms with van der Waals surface area (Å²) in [5.74, 6) is 1.04. The van der Waals surface area contributed by atoms with Crippen molar-refractivity contribution in [2.45, 2.75) is 38.5 Å². The first-order valence-electron chi connectivity index (χ1n) is 9.15. The van der Waals surface area contributed by atoms with Crippen LogP contribution in [0.4, 0.5) is 5.69 Å². The maximum atomic E-state index is 12.3. The van der Waals surface area contributed by atoms with Crippen molar-refractivity contribution in [2.75, 3.05) is 25.0 Å². The van der Waals surface area contributed by atoms with Gasteiger partial charge in [0.15, 0.2) is 0 Å². The highest BCUT2D eigenvalue weighted by Crippen LogP contribution is 2.26. The van der Waals surface area contributed by atoms with Gasteiger partial charge in [0.1, 0.15) is 0 Å². The standard InChI is InChI=1S/C21H27N3O/c1-16(2)18-6-5-7-19(14-18)23-21(25)15-24-12-9-17(10-13-24)20-8-3-4-11-22-20/h3-8,11,14,16-17H,9-10,12-13,15H2,1-2H3,(H,23,25). The van der Waals surface area contributed by atoms with Gasteiger partial charge in [-0.25, -0.2) is 0 Å². The van der Waals surface area contributed by atoms with Crippen molar-refractivity contribution in [1.29, 1.82) is 0 Å². The van der Waals surface area contributed by atoms with Gasteiger partial charge >= 0.3 is 0 Å². The molecule has 0 spiro atoms. The Labute approximate surface area is 150 Å². The molecule has 0 unspecified atom stereocenters. The molecule has 25 heavy (non-hydrogen) atoms. The molecule has 0 radical (unpaired) electrons. The Balaban J connectivity index is 1.49. The predicted molar refractivity (Wildman–Crippen MR) is 102 cm³/mol. The van der Waals surface area contributed by atoms with Crippen LogP contribution in [0.25, 0.3) is 0 Å². The molecule has 1 saturated heterocycles. The van der Waals surface area contributed by atoms with E-state index in [1.807, 2.05) is 30.5 Å². The minimum Gasteiger partial charge on any atom is -0.325 e. The molecule has 3 rings (SSSR count). The Hall–Kier alpha value is -2.20. The number of benzene rings is 1. The number of piperidine rings is 1. The van der Waals surface area contributed by atoms with Gasteiger partial charge in [0.05, 0.1) is 6.54 Å². The van der Waals surface area contributed by atoms with Crippen LogP contribution in [-0.2, 0) is 4.79 Å². The van der Waals surface area contributed by atoms with Crippen molar-refractivity contribution < 1.29 is 4.79 Å². The molecule has 1 aromatic carbocycles. The number of amides is 1. The fraction of sp³-hybridized carbons (Fsp3) is 0.429. The largest absolute Gasteiger partial charge is 0.325 e. The molecule has 4 nitrogen and oxygen atoms in total. The summed E-state index contributed by atoms with van der Waals surface area (Å²) in [4.78, 5) is 19.1. The van der Waals surface area contributed by atoms with Crippen LogP contribution in [0.5, 0.6) is 0 Å². The maximum Gasteiger partial charge on any atom is 0.238 e. The predicted octanol–water partition coefficient (Wildman–Crippen LogP) is 4.02. The second kappa shape index (κ2) is 8.26. The van der Waals surface area contributed by atoms with Crippen molar-refractivity contribution in [3.05, 3.63) is 59.9 Å². The summed E-state index contributed by atoms with van der Waals surface area (Å²) in [7, 11) is 0. The Morgan fingerprint density at radius 3 is 2.68 bits per heavy atom. The van der Waals surface area contributed by atoms with Crippen LogP contribution in [0.3, 0.4) is 0 Å². The average molecular weight is 337 g/mol. The highest BCUT2D eigenvalue weighted by Gasteiger charge is 2.22. The molecule has 0 aliphatic carbocycles. The summed E-state index contributed by atoms with van der Waals surface area (Å²) in [6, 6.07) is 14.2. The summed E-state index contributed by atoms with van der Waals surface area (Å²) in [5, 5.41) is 3.03. The van der Waals surface area contributed by atoms with E-state index in [0.29, 0.717) is 18.4 Å². The SMILES string of the molecule is CC(C)c1cccc(NC(=O)CN2CCC(c3ccccn3)CC2)c1. The van der Waals surface area contributed by atoms with E-state index in [-0.39, 0.29) is 5.91 Å². The average Bonchev–Trinajstić information content (AvgIpc) is 2.63. The molecule has 0 atom stereocenters.